The summed E-state index contributed by atoms with van der Waals surface area (Å²) in [5.74, 6) is -1.51. The zero-order chi connectivity index (χ0) is 15.1. The van der Waals surface area contributed by atoms with Crippen LogP contribution in [-0.4, -0.2) is 41.0 Å². The second-order valence-electron chi connectivity index (χ2n) is 4.57. The maximum absolute atomic E-state index is 12.7. The Kier molecular flexibility index (Phi) is 6.11. The van der Waals surface area contributed by atoms with Gasteiger partial charge >= 0.3 is 5.97 Å². The highest BCUT2D eigenvalue weighted by Gasteiger charge is 2.18. The minimum absolute atomic E-state index is 0.0162. The van der Waals surface area contributed by atoms with Crippen LogP contribution in [0.4, 0.5) is 10.1 Å². The van der Waals surface area contributed by atoms with E-state index in [0.29, 0.717) is 12.2 Å². The highest BCUT2D eigenvalue weighted by Crippen LogP contribution is 2.09. The van der Waals surface area contributed by atoms with E-state index in [9.17, 15) is 14.0 Å². The van der Waals surface area contributed by atoms with Crippen molar-refractivity contribution in [2.75, 3.05) is 18.4 Å². The number of nitrogens with one attached hydrogen (secondary N) is 1. The van der Waals surface area contributed by atoms with Gasteiger partial charge in [0.1, 0.15) is 5.82 Å². The summed E-state index contributed by atoms with van der Waals surface area (Å²) in [5.41, 5.74) is 0.512. The third-order valence-electron chi connectivity index (χ3n) is 2.97. The van der Waals surface area contributed by atoms with Gasteiger partial charge in [-0.05, 0) is 37.7 Å². The molecule has 110 valence electrons. The predicted molar refractivity (Wildman–Crippen MR) is 74.0 cm³/mol. The Bertz CT molecular complexity index is 462. The molecule has 0 aliphatic rings. The van der Waals surface area contributed by atoms with Gasteiger partial charge in [0.2, 0.25) is 5.91 Å². The molecule has 1 unspecified atom stereocenters. The molecular weight excluding hydrogens is 263 g/mol. The summed E-state index contributed by atoms with van der Waals surface area (Å²) in [5, 5.41) is 11.4. The van der Waals surface area contributed by atoms with Crippen LogP contribution >= 0.6 is 0 Å². The van der Waals surface area contributed by atoms with Crippen molar-refractivity contribution >= 4 is 17.6 Å². The topological polar surface area (TPSA) is 69.6 Å². The Morgan fingerprint density at radius 1 is 1.35 bits per heavy atom. The van der Waals surface area contributed by atoms with Gasteiger partial charge in [-0.1, -0.05) is 6.92 Å². The number of anilines is 1. The number of amides is 1. The average molecular weight is 282 g/mol. The Morgan fingerprint density at radius 2 is 1.95 bits per heavy atom. The second-order valence-corrected chi connectivity index (χ2v) is 4.57. The number of halogens is 1. The fourth-order valence-corrected chi connectivity index (χ4v) is 1.88. The van der Waals surface area contributed by atoms with Crippen LogP contribution < -0.4 is 5.32 Å². The van der Waals surface area contributed by atoms with Crippen molar-refractivity contribution < 1.29 is 19.1 Å². The smallest absolute Gasteiger partial charge is 0.304 e. The SMILES string of the molecule is CCN(CC(=O)Nc1ccc(F)cc1)C(C)CC(=O)O. The van der Waals surface area contributed by atoms with Crippen LogP contribution in [0.15, 0.2) is 24.3 Å². The van der Waals surface area contributed by atoms with Crippen LogP contribution in [0.25, 0.3) is 0 Å². The number of benzene rings is 1. The first-order valence-corrected chi connectivity index (χ1v) is 6.43. The zero-order valence-corrected chi connectivity index (χ0v) is 11.6. The summed E-state index contributed by atoms with van der Waals surface area (Å²) >= 11 is 0. The third kappa shape index (κ3) is 5.36. The van der Waals surface area contributed by atoms with E-state index in [1.165, 1.54) is 24.3 Å². The van der Waals surface area contributed by atoms with Crippen molar-refractivity contribution in [2.45, 2.75) is 26.3 Å². The molecule has 0 aromatic heterocycles. The van der Waals surface area contributed by atoms with Gasteiger partial charge in [0, 0.05) is 11.7 Å². The highest BCUT2D eigenvalue weighted by molar-refractivity contribution is 5.92. The number of aliphatic carboxylic acids is 1. The first kappa shape index (κ1) is 16.1. The van der Waals surface area contributed by atoms with E-state index in [1.54, 1.807) is 11.8 Å². The number of carboxylic acids is 1. The molecule has 1 aromatic rings. The van der Waals surface area contributed by atoms with Gasteiger partial charge in [-0.25, -0.2) is 4.39 Å². The van der Waals surface area contributed by atoms with E-state index in [0.717, 1.165) is 0 Å². The van der Waals surface area contributed by atoms with Crippen LogP contribution in [0.2, 0.25) is 0 Å². The van der Waals surface area contributed by atoms with Crippen molar-refractivity contribution in [1.82, 2.24) is 4.90 Å². The summed E-state index contributed by atoms with van der Waals surface area (Å²) in [6.07, 6.45) is -0.0162. The van der Waals surface area contributed by atoms with Crippen LogP contribution in [0.1, 0.15) is 20.3 Å². The van der Waals surface area contributed by atoms with Gasteiger partial charge in [-0.2, -0.15) is 0 Å². The van der Waals surface area contributed by atoms with Gasteiger partial charge in [-0.3, -0.25) is 14.5 Å². The lowest BCUT2D eigenvalue weighted by Crippen LogP contribution is -2.40. The molecule has 0 fully saturated rings. The molecule has 0 saturated heterocycles. The standard InChI is InChI=1S/C14H19FN2O3/c1-3-17(10(2)8-14(19)20)9-13(18)16-12-6-4-11(15)5-7-12/h4-7,10H,3,8-9H2,1-2H3,(H,16,18)(H,19,20). The van der Waals surface area contributed by atoms with E-state index in [2.05, 4.69) is 5.32 Å². The number of rotatable bonds is 7. The van der Waals surface area contributed by atoms with Crippen molar-refractivity contribution in [3.63, 3.8) is 0 Å². The Balaban J connectivity index is 2.54. The second kappa shape index (κ2) is 7.59. The molecule has 2 N–H and O–H groups in total. The Labute approximate surface area is 117 Å². The van der Waals surface area contributed by atoms with Crippen LogP contribution in [0.5, 0.6) is 0 Å². The molecular formula is C14H19FN2O3. The molecule has 0 heterocycles. The number of carboxylic acid groups (broad SMARTS) is 1. The Hall–Kier alpha value is -1.95. The third-order valence-corrected chi connectivity index (χ3v) is 2.97. The molecule has 0 aliphatic carbocycles. The van der Waals surface area contributed by atoms with E-state index < -0.39 is 5.97 Å². The molecule has 6 heteroatoms. The van der Waals surface area contributed by atoms with E-state index in [4.69, 9.17) is 5.11 Å². The van der Waals surface area contributed by atoms with Gasteiger partial charge in [0.05, 0.1) is 13.0 Å². The van der Waals surface area contributed by atoms with Gasteiger partial charge in [-0.15, -0.1) is 0 Å². The number of carbonyl (C=O) groups is 2. The zero-order valence-electron chi connectivity index (χ0n) is 11.6. The van der Waals surface area contributed by atoms with E-state index in [1.807, 2.05) is 6.92 Å². The number of hydrogen-bond acceptors (Lipinski definition) is 3. The van der Waals surface area contributed by atoms with Crippen LogP contribution in [0.3, 0.4) is 0 Å². The number of hydrogen-bond donors (Lipinski definition) is 2. The van der Waals surface area contributed by atoms with Crippen LogP contribution in [0, 0.1) is 5.82 Å². The van der Waals surface area contributed by atoms with E-state index >= 15 is 0 Å². The first-order chi connectivity index (χ1) is 9.42. The van der Waals surface area contributed by atoms with Crippen LogP contribution in [-0.2, 0) is 9.59 Å². The van der Waals surface area contributed by atoms with Gasteiger partial charge in [0.15, 0.2) is 0 Å². The van der Waals surface area contributed by atoms with E-state index in [-0.39, 0.29) is 30.7 Å². The molecule has 0 radical (unpaired) electrons. The quantitative estimate of drug-likeness (QED) is 0.802. The monoisotopic (exact) mass is 282 g/mol. The van der Waals surface area contributed by atoms with Crippen molar-refractivity contribution in [2.24, 2.45) is 0 Å². The minimum Gasteiger partial charge on any atom is -0.481 e. The molecule has 1 atom stereocenters. The van der Waals surface area contributed by atoms with Crippen molar-refractivity contribution in [3.05, 3.63) is 30.1 Å². The molecule has 0 bridgehead atoms. The highest BCUT2D eigenvalue weighted by atomic mass is 19.1. The molecule has 1 rings (SSSR count). The molecule has 0 aliphatic heterocycles. The fraction of sp³-hybridized carbons (Fsp3) is 0.429. The average Bonchev–Trinajstić information content (AvgIpc) is 2.37. The Morgan fingerprint density at radius 3 is 2.45 bits per heavy atom. The first-order valence-electron chi connectivity index (χ1n) is 6.43. The summed E-state index contributed by atoms with van der Waals surface area (Å²) in [6, 6.07) is 5.26. The summed E-state index contributed by atoms with van der Waals surface area (Å²) in [6.45, 7) is 4.31. The molecule has 0 saturated carbocycles. The summed E-state index contributed by atoms with van der Waals surface area (Å²) < 4.78 is 12.7. The van der Waals surface area contributed by atoms with Gasteiger partial charge in [0.25, 0.3) is 0 Å². The maximum atomic E-state index is 12.7. The fourth-order valence-electron chi connectivity index (χ4n) is 1.88. The summed E-state index contributed by atoms with van der Waals surface area (Å²) in [4.78, 5) is 24.3. The number of nitrogens with zero attached hydrogens (tertiary/aromatic N) is 1. The summed E-state index contributed by atoms with van der Waals surface area (Å²) in [7, 11) is 0. The lowest BCUT2D eigenvalue weighted by atomic mass is 10.2. The molecule has 1 amide bonds. The molecule has 0 spiro atoms. The number of carbonyl (C=O) groups excluding carboxylic acids is 1. The van der Waals surface area contributed by atoms with Crippen molar-refractivity contribution in [1.29, 1.82) is 0 Å². The van der Waals surface area contributed by atoms with Crippen molar-refractivity contribution in [3.8, 4) is 0 Å². The maximum Gasteiger partial charge on any atom is 0.304 e. The normalized spacial score (nSPS) is 12.2. The lowest BCUT2D eigenvalue weighted by Gasteiger charge is -2.25. The van der Waals surface area contributed by atoms with Gasteiger partial charge < -0.3 is 10.4 Å². The lowest BCUT2D eigenvalue weighted by molar-refractivity contribution is -0.138. The minimum atomic E-state index is -0.894. The molecule has 1 aromatic carbocycles. The molecule has 20 heavy (non-hydrogen) atoms. The predicted octanol–water partition coefficient (Wildman–Crippen LogP) is 1.95. The molecule has 5 nitrogen and oxygen atoms in total. The largest absolute Gasteiger partial charge is 0.481 e. The number of likely N-dealkylation sites (N-methyl/N-ethyl adjacent to an activating group) is 1.